The molecule has 1 heterocycles. The van der Waals surface area contributed by atoms with E-state index in [1.54, 1.807) is 0 Å². The number of benzene rings is 1. The van der Waals surface area contributed by atoms with E-state index in [1.807, 2.05) is 50.3 Å². The third kappa shape index (κ3) is 4.02. The maximum absolute atomic E-state index is 12.0. The minimum Gasteiger partial charge on any atom is -0.489 e. The number of rotatable bonds is 5. The average molecular weight is 275 g/mol. The number of hydrogen-bond acceptors (Lipinski definition) is 3. The largest absolute Gasteiger partial charge is 0.489 e. The van der Waals surface area contributed by atoms with Crippen LogP contribution in [0, 0.1) is 0 Å². The van der Waals surface area contributed by atoms with Crippen LogP contribution in [0.15, 0.2) is 42.2 Å². The SMILES string of the molecule is CC(NC(=O)C1=CCCCO1)C(C)Oc1ccccc1. The molecule has 1 aliphatic rings. The van der Waals surface area contributed by atoms with Crippen LogP contribution in [-0.4, -0.2) is 24.7 Å². The van der Waals surface area contributed by atoms with Gasteiger partial charge < -0.3 is 14.8 Å². The number of nitrogens with one attached hydrogen (secondary N) is 1. The fraction of sp³-hybridized carbons (Fsp3) is 0.438. The van der Waals surface area contributed by atoms with Crippen molar-refractivity contribution in [3.8, 4) is 5.75 Å². The summed E-state index contributed by atoms with van der Waals surface area (Å²) in [5, 5.41) is 2.91. The first kappa shape index (κ1) is 14.4. The van der Waals surface area contributed by atoms with Gasteiger partial charge in [-0.15, -0.1) is 0 Å². The first-order valence-corrected chi connectivity index (χ1v) is 7.02. The van der Waals surface area contributed by atoms with Gasteiger partial charge in [0.2, 0.25) is 0 Å². The molecule has 0 bridgehead atoms. The number of hydrogen-bond donors (Lipinski definition) is 1. The fourth-order valence-corrected chi connectivity index (χ4v) is 1.93. The second-order valence-corrected chi connectivity index (χ2v) is 4.96. The number of ether oxygens (including phenoxy) is 2. The van der Waals surface area contributed by atoms with E-state index in [2.05, 4.69) is 5.32 Å². The molecule has 0 fully saturated rings. The zero-order valence-electron chi connectivity index (χ0n) is 12.0. The summed E-state index contributed by atoms with van der Waals surface area (Å²) >= 11 is 0. The number of carbonyl (C=O) groups is 1. The Morgan fingerprint density at radius 3 is 2.70 bits per heavy atom. The Morgan fingerprint density at radius 2 is 2.05 bits per heavy atom. The van der Waals surface area contributed by atoms with Gasteiger partial charge in [-0.3, -0.25) is 4.79 Å². The summed E-state index contributed by atoms with van der Waals surface area (Å²) in [6, 6.07) is 9.48. The van der Waals surface area contributed by atoms with Gasteiger partial charge in [-0.25, -0.2) is 0 Å². The molecule has 1 aromatic rings. The molecule has 1 N–H and O–H groups in total. The first-order valence-electron chi connectivity index (χ1n) is 7.02. The molecule has 0 spiro atoms. The Bertz CT molecular complexity index is 470. The van der Waals surface area contributed by atoms with Gasteiger partial charge in [-0.05, 0) is 44.9 Å². The summed E-state index contributed by atoms with van der Waals surface area (Å²) in [5.41, 5.74) is 0. The molecular weight excluding hydrogens is 254 g/mol. The predicted octanol–water partition coefficient (Wildman–Crippen LogP) is 2.65. The summed E-state index contributed by atoms with van der Waals surface area (Å²) in [5.74, 6) is 1.06. The number of allylic oxidation sites excluding steroid dienone is 1. The van der Waals surface area contributed by atoms with Gasteiger partial charge in [-0.2, -0.15) is 0 Å². The lowest BCUT2D eigenvalue weighted by Gasteiger charge is -2.23. The molecule has 1 aromatic carbocycles. The molecule has 2 atom stereocenters. The molecule has 2 unspecified atom stereocenters. The Kier molecular flexibility index (Phi) is 5.04. The van der Waals surface area contributed by atoms with Crippen LogP contribution in [-0.2, 0) is 9.53 Å². The topological polar surface area (TPSA) is 47.6 Å². The summed E-state index contributed by atoms with van der Waals surface area (Å²) in [7, 11) is 0. The van der Waals surface area contributed by atoms with Crippen LogP contribution in [0.25, 0.3) is 0 Å². The first-order chi connectivity index (χ1) is 9.66. The van der Waals surface area contributed by atoms with Crippen molar-refractivity contribution in [2.45, 2.75) is 38.8 Å². The highest BCUT2D eigenvalue weighted by Crippen LogP contribution is 2.14. The van der Waals surface area contributed by atoms with E-state index in [1.165, 1.54) is 0 Å². The van der Waals surface area contributed by atoms with E-state index in [-0.39, 0.29) is 18.1 Å². The molecule has 4 nitrogen and oxygen atoms in total. The van der Waals surface area contributed by atoms with Gasteiger partial charge in [0.25, 0.3) is 5.91 Å². The van der Waals surface area contributed by atoms with Crippen molar-refractivity contribution < 1.29 is 14.3 Å². The number of para-hydroxylation sites is 1. The van der Waals surface area contributed by atoms with Crippen molar-refractivity contribution >= 4 is 5.91 Å². The highest BCUT2D eigenvalue weighted by Gasteiger charge is 2.20. The smallest absolute Gasteiger partial charge is 0.286 e. The maximum atomic E-state index is 12.0. The van der Waals surface area contributed by atoms with E-state index in [9.17, 15) is 4.79 Å². The standard InChI is InChI=1S/C16H21NO3/c1-12(13(2)20-14-8-4-3-5-9-14)17-16(18)15-10-6-7-11-19-15/h3-5,8-10,12-13H,6-7,11H2,1-2H3,(H,17,18). The Morgan fingerprint density at radius 1 is 1.30 bits per heavy atom. The molecule has 0 saturated heterocycles. The van der Waals surface area contributed by atoms with Crippen molar-refractivity contribution in [1.29, 1.82) is 0 Å². The Labute approximate surface area is 119 Å². The Hall–Kier alpha value is -1.97. The van der Waals surface area contributed by atoms with E-state index >= 15 is 0 Å². The molecule has 0 aliphatic carbocycles. The van der Waals surface area contributed by atoms with E-state index in [0.717, 1.165) is 18.6 Å². The third-order valence-corrected chi connectivity index (χ3v) is 3.29. The second-order valence-electron chi connectivity index (χ2n) is 4.96. The van der Waals surface area contributed by atoms with Crippen LogP contribution in [0.2, 0.25) is 0 Å². The van der Waals surface area contributed by atoms with Gasteiger partial charge >= 0.3 is 0 Å². The van der Waals surface area contributed by atoms with Gasteiger partial charge in [0.1, 0.15) is 11.9 Å². The molecule has 0 saturated carbocycles. The van der Waals surface area contributed by atoms with Crippen molar-refractivity contribution in [1.82, 2.24) is 5.32 Å². The van der Waals surface area contributed by atoms with Crippen LogP contribution in [0.3, 0.4) is 0 Å². The molecule has 20 heavy (non-hydrogen) atoms. The van der Waals surface area contributed by atoms with E-state index in [4.69, 9.17) is 9.47 Å². The molecule has 4 heteroatoms. The lowest BCUT2D eigenvalue weighted by atomic mass is 10.2. The fourth-order valence-electron chi connectivity index (χ4n) is 1.93. The highest BCUT2D eigenvalue weighted by molar-refractivity contribution is 5.91. The van der Waals surface area contributed by atoms with Crippen molar-refractivity contribution in [3.63, 3.8) is 0 Å². The van der Waals surface area contributed by atoms with Crippen molar-refractivity contribution in [3.05, 3.63) is 42.2 Å². The van der Waals surface area contributed by atoms with Crippen LogP contribution in [0.5, 0.6) is 5.75 Å². The second kappa shape index (κ2) is 6.98. The van der Waals surface area contributed by atoms with Gasteiger partial charge in [0.05, 0.1) is 12.6 Å². The van der Waals surface area contributed by atoms with Gasteiger partial charge in [0.15, 0.2) is 5.76 Å². The summed E-state index contributed by atoms with van der Waals surface area (Å²) in [6.07, 6.45) is 3.59. The predicted molar refractivity (Wildman–Crippen MR) is 77.4 cm³/mol. The molecule has 1 amide bonds. The molecule has 2 rings (SSSR count). The van der Waals surface area contributed by atoms with Crippen LogP contribution >= 0.6 is 0 Å². The molecule has 1 aliphatic heterocycles. The summed E-state index contributed by atoms with van der Waals surface area (Å²) in [6.45, 7) is 4.48. The van der Waals surface area contributed by atoms with E-state index < -0.39 is 0 Å². The Balaban J connectivity index is 1.86. The molecule has 0 aromatic heterocycles. The lowest BCUT2D eigenvalue weighted by Crippen LogP contribution is -2.43. The zero-order chi connectivity index (χ0) is 14.4. The van der Waals surface area contributed by atoms with Crippen molar-refractivity contribution in [2.75, 3.05) is 6.61 Å². The highest BCUT2D eigenvalue weighted by atomic mass is 16.5. The van der Waals surface area contributed by atoms with Gasteiger partial charge in [0, 0.05) is 0 Å². The van der Waals surface area contributed by atoms with E-state index in [0.29, 0.717) is 12.4 Å². The molecule has 0 radical (unpaired) electrons. The van der Waals surface area contributed by atoms with Crippen LogP contribution in [0.4, 0.5) is 0 Å². The lowest BCUT2D eigenvalue weighted by molar-refractivity contribution is -0.122. The molecule has 108 valence electrons. The molecular formula is C16H21NO3. The minimum absolute atomic E-state index is 0.103. The number of carbonyl (C=O) groups excluding carboxylic acids is 1. The zero-order valence-corrected chi connectivity index (χ0v) is 12.0. The van der Waals surface area contributed by atoms with Crippen LogP contribution < -0.4 is 10.1 Å². The monoisotopic (exact) mass is 275 g/mol. The van der Waals surface area contributed by atoms with Crippen molar-refractivity contribution in [2.24, 2.45) is 0 Å². The summed E-state index contributed by atoms with van der Waals surface area (Å²) in [4.78, 5) is 12.0. The minimum atomic E-state index is -0.166. The average Bonchev–Trinajstić information content (AvgIpc) is 2.49. The number of amides is 1. The maximum Gasteiger partial charge on any atom is 0.286 e. The third-order valence-electron chi connectivity index (χ3n) is 3.29. The quantitative estimate of drug-likeness (QED) is 0.898. The van der Waals surface area contributed by atoms with Gasteiger partial charge in [-0.1, -0.05) is 18.2 Å². The normalized spacial score (nSPS) is 17.4. The summed E-state index contributed by atoms with van der Waals surface area (Å²) < 4.78 is 11.1. The van der Waals surface area contributed by atoms with Crippen LogP contribution in [0.1, 0.15) is 26.7 Å².